The van der Waals surface area contributed by atoms with Crippen molar-refractivity contribution in [3.05, 3.63) is 35.4 Å². The molecule has 0 unspecified atom stereocenters. The van der Waals surface area contributed by atoms with Gasteiger partial charge in [0.2, 0.25) is 5.78 Å². The quantitative estimate of drug-likeness (QED) is 0.623. The van der Waals surface area contributed by atoms with Crippen molar-refractivity contribution in [2.45, 2.75) is 46.6 Å². The standard InChI is InChI=1S/C14H18O3.C2H3N/c1-5-12(15)17-14(3,4)13(16)11-8-6-10(2)7-9-11;1-2-3/h6-9H,5H2,1-4H3;1H3. The second kappa shape index (κ2) is 8.11. The van der Waals surface area contributed by atoms with Crippen molar-refractivity contribution in [1.82, 2.24) is 0 Å². The molecule has 4 nitrogen and oxygen atoms in total. The minimum Gasteiger partial charge on any atom is -0.451 e. The first kappa shape index (κ1) is 17.8. The number of esters is 1. The van der Waals surface area contributed by atoms with Crippen LogP contribution in [0.4, 0.5) is 0 Å². The Balaban J connectivity index is 0.00000110. The highest BCUT2D eigenvalue weighted by Gasteiger charge is 2.32. The molecule has 4 heteroatoms. The molecule has 0 radical (unpaired) electrons. The first-order valence-electron chi connectivity index (χ1n) is 6.42. The van der Waals surface area contributed by atoms with Gasteiger partial charge in [-0.1, -0.05) is 36.8 Å². The van der Waals surface area contributed by atoms with Crippen molar-refractivity contribution < 1.29 is 14.3 Å². The summed E-state index contributed by atoms with van der Waals surface area (Å²) in [7, 11) is 0. The van der Waals surface area contributed by atoms with Crippen LogP contribution in [-0.4, -0.2) is 17.4 Å². The molecular formula is C16H21NO3. The van der Waals surface area contributed by atoms with E-state index in [4.69, 9.17) is 10.00 Å². The zero-order chi connectivity index (χ0) is 15.8. The zero-order valence-corrected chi connectivity index (χ0v) is 12.7. The molecule has 0 aliphatic carbocycles. The number of ether oxygens (including phenoxy) is 1. The van der Waals surface area contributed by atoms with E-state index in [1.54, 1.807) is 39.0 Å². The predicted octanol–water partition coefficient (Wildman–Crippen LogP) is 3.44. The third-order valence-electron chi connectivity index (χ3n) is 2.52. The van der Waals surface area contributed by atoms with Gasteiger partial charge in [-0.15, -0.1) is 0 Å². The molecule has 0 bridgehead atoms. The van der Waals surface area contributed by atoms with Gasteiger partial charge in [-0.2, -0.15) is 5.26 Å². The third kappa shape index (κ3) is 5.66. The summed E-state index contributed by atoms with van der Waals surface area (Å²) >= 11 is 0. The average Bonchev–Trinajstić information content (AvgIpc) is 2.39. The number of hydrogen-bond acceptors (Lipinski definition) is 4. The number of rotatable bonds is 4. The van der Waals surface area contributed by atoms with Crippen molar-refractivity contribution in [2.75, 3.05) is 0 Å². The smallest absolute Gasteiger partial charge is 0.306 e. The Morgan fingerprint density at radius 3 is 2.10 bits per heavy atom. The van der Waals surface area contributed by atoms with E-state index in [2.05, 4.69) is 0 Å². The van der Waals surface area contributed by atoms with Crippen molar-refractivity contribution in [2.24, 2.45) is 0 Å². The molecule has 0 heterocycles. The van der Waals surface area contributed by atoms with Crippen LogP contribution in [0.5, 0.6) is 0 Å². The molecule has 1 rings (SSSR count). The van der Waals surface area contributed by atoms with E-state index in [0.29, 0.717) is 5.56 Å². The molecule has 0 spiro atoms. The summed E-state index contributed by atoms with van der Waals surface area (Å²) in [4.78, 5) is 23.4. The highest BCUT2D eigenvalue weighted by Crippen LogP contribution is 2.18. The van der Waals surface area contributed by atoms with E-state index >= 15 is 0 Å². The number of nitriles is 1. The number of ketones is 1. The van der Waals surface area contributed by atoms with Gasteiger partial charge in [-0.3, -0.25) is 9.59 Å². The van der Waals surface area contributed by atoms with Crippen molar-refractivity contribution in [3.63, 3.8) is 0 Å². The molecule has 1 aromatic carbocycles. The second-order valence-electron chi connectivity index (χ2n) is 4.76. The zero-order valence-electron chi connectivity index (χ0n) is 12.7. The van der Waals surface area contributed by atoms with Gasteiger partial charge >= 0.3 is 5.97 Å². The Morgan fingerprint density at radius 2 is 1.70 bits per heavy atom. The minimum atomic E-state index is -1.11. The Morgan fingerprint density at radius 1 is 1.25 bits per heavy atom. The molecule has 0 aliphatic heterocycles. The number of Topliss-reactive ketones (excluding diaryl/α,β-unsaturated/α-hetero) is 1. The fraction of sp³-hybridized carbons (Fsp3) is 0.438. The molecule has 0 N–H and O–H groups in total. The van der Waals surface area contributed by atoms with Gasteiger partial charge in [-0.05, 0) is 20.8 Å². The summed E-state index contributed by atoms with van der Waals surface area (Å²) in [5.41, 5.74) is 0.539. The number of aryl methyl sites for hydroxylation is 1. The number of carbonyl (C=O) groups excluding carboxylic acids is 2. The summed E-state index contributed by atoms with van der Waals surface area (Å²) in [5.74, 6) is -0.547. The van der Waals surface area contributed by atoms with Crippen LogP contribution in [0.25, 0.3) is 0 Å². The van der Waals surface area contributed by atoms with Gasteiger partial charge in [-0.25, -0.2) is 0 Å². The molecule has 1 aromatic rings. The summed E-state index contributed by atoms with van der Waals surface area (Å²) in [6.45, 7) is 8.32. The van der Waals surface area contributed by atoms with Crippen molar-refractivity contribution >= 4 is 11.8 Å². The SMILES string of the molecule is CC#N.CCC(=O)OC(C)(C)C(=O)c1ccc(C)cc1. The molecule has 0 saturated carbocycles. The first-order valence-corrected chi connectivity index (χ1v) is 6.42. The van der Waals surface area contributed by atoms with Crippen LogP contribution in [0.15, 0.2) is 24.3 Å². The van der Waals surface area contributed by atoms with Crippen LogP contribution < -0.4 is 0 Å². The van der Waals surface area contributed by atoms with Gasteiger partial charge in [0.1, 0.15) is 0 Å². The normalized spacial score (nSPS) is 9.80. The molecular weight excluding hydrogens is 254 g/mol. The average molecular weight is 275 g/mol. The van der Waals surface area contributed by atoms with E-state index in [1.165, 1.54) is 6.92 Å². The third-order valence-corrected chi connectivity index (χ3v) is 2.52. The van der Waals surface area contributed by atoms with Crippen molar-refractivity contribution in [1.29, 1.82) is 5.26 Å². The lowest BCUT2D eigenvalue weighted by molar-refractivity contribution is -0.152. The van der Waals surface area contributed by atoms with E-state index < -0.39 is 5.60 Å². The van der Waals surface area contributed by atoms with Crippen molar-refractivity contribution in [3.8, 4) is 6.07 Å². The number of benzene rings is 1. The fourth-order valence-electron chi connectivity index (χ4n) is 1.46. The maximum atomic E-state index is 12.2. The minimum absolute atomic E-state index is 0.181. The van der Waals surface area contributed by atoms with E-state index in [-0.39, 0.29) is 18.2 Å². The summed E-state index contributed by atoms with van der Waals surface area (Å²) in [6, 6.07) is 8.98. The molecule has 0 amide bonds. The van der Waals surface area contributed by atoms with Gasteiger partial charge in [0.25, 0.3) is 0 Å². The fourth-order valence-corrected chi connectivity index (χ4v) is 1.46. The first-order chi connectivity index (χ1) is 9.28. The lowest BCUT2D eigenvalue weighted by Gasteiger charge is -2.23. The van der Waals surface area contributed by atoms with Crippen LogP contribution >= 0.6 is 0 Å². The summed E-state index contributed by atoms with van der Waals surface area (Å²) in [6.07, 6.45) is 0.268. The lowest BCUT2D eigenvalue weighted by atomic mass is 9.96. The van der Waals surface area contributed by atoms with Gasteiger partial charge in [0.05, 0.1) is 6.07 Å². The maximum absolute atomic E-state index is 12.2. The Bertz CT molecular complexity index is 495. The van der Waals surface area contributed by atoms with Gasteiger partial charge < -0.3 is 4.74 Å². The second-order valence-corrected chi connectivity index (χ2v) is 4.76. The van der Waals surface area contributed by atoms with Crippen LogP contribution in [0.2, 0.25) is 0 Å². The number of nitrogens with zero attached hydrogens (tertiary/aromatic N) is 1. The summed E-state index contributed by atoms with van der Waals surface area (Å²) < 4.78 is 5.14. The molecule has 20 heavy (non-hydrogen) atoms. The van der Waals surface area contributed by atoms with Crippen LogP contribution in [-0.2, 0) is 9.53 Å². The van der Waals surface area contributed by atoms with Gasteiger partial charge in [0, 0.05) is 18.9 Å². The Kier molecular flexibility index (Phi) is 7.24. The molecule has 0 saturated heterocycles. The maximum Gasteiger partial charge on any atom is 0.306 e. The number of carbonyl (C=O) groups is 2. The van der Waals surface area contributed by atoms with E-state index in [0.717, 1.165) is 5.56 Å². The molecule has 0 fully saturated rings. The highest BCUT2D eigenvalue weighted by molar-refractivity contribution is 6.02. The van der Waals surface area contributed by atoms with E-state index in [1.807, 2.05) is 19.1 Å². The predicted molar refractivity (Wildman–Crippen MR) is 77.3 cm³/mol. The molecule has 108 valence electrons. The molecule has 0 aromatic heterocycles. The van der Waals surface area contributed by atoms with E-state index in [9.17, 15) is 9.59 Å². The Labute approximate surface area is 120 Å². The van der Waals surface area contributed by atoms with Crippen LogP contribution in [0.1, 0.15) is 50.0 Å². The summed E-state index contributed by atoms with van der Waals surface area (Å²) in [5, 5.41) is 7.32. The Hall–Kier alpha value is -2.15. The van der Waals surface area contributed by atoms with Crippen LogP contribution in [0, 0.1) is 18.3 Å². The molecule has 0 aliphatic rings. The monoisotopic (exact) mass is 275 g/mol. The molecule has 0 atom stereocenters. The highest BCUT2D eigenvalue weighted by atomic mass is 16.6. The van der Waals surface area contributed by atoms with Gasteiger partial charge in [0.15, 0.2) is 5.60 Å². The lowest BCUT2D eigenvalue weighted by Crippen LogP contribution is -2.37. The largest absolute Gasteiger partial charge is 0.451 e. The van der Waals surface area contributed by atoms with Crippen LogP contribution in [0.3, 0.4) is 0 Å². The topological polar surface area (TPSA) is 67.2 Å². The number of hydrogen-bond donors (Lipinski definition) is 0.